The molecular formula is C9H13ClN2O. The number of benzene rings is 1. The predicted octanol–water partition coefficient (Wildman–Crippen LogP) is 1.92. The van der Waals surface area contributed by atoms with Gasteiger partial charge in [0.25, 0.3) is 0 Å². The van der Waals surface area contributed by atoms with Crippen LogP contribution >= 0.6 is 11.6 Å². The minimum absolute atomic E-state index is 0.587. The molecule has 4 heteroatoms. The van der Waals surface area contributed by atoms with Gasteiger partial charge in [-0.05, 0) is 17.7 Å². The van der Waals surface area contributed by atoms with Crippen molar-refractivity contribution in [3.8, 4) is 0 Å². The van der Waals surface area contributed by atoms with Gasteiger partial charge in [-0.25, -0.2) is 0 Å². The SMILES string of the molecule is CON(C)Cc1ccc(Cl)c(N)c1. The molecule has 2 N–H and O–H groups in total. The van der Waals surface area contributed by atoms with Crippen molar-refractivity contribution in [2.24, 2.45) is 0 Å². The van der Waals surface area contributed by atoms with E-state index >= 15 is 0 Å². The molecule has 0 spiro atoms. The lowest BCUT2D eigenvalue weighted by Gasteiger charge is -2.13. The van der Waals surface area contributed by atoms with E-state index in [0.29, 0.717) is 17.3 Å². The zero-order valence-electron chi connectivity index (χ0n) is 7.75. The summed E-state index contributed by atoms with van der Waals surface area (Å²) >= 11 is 5.78. The monoisotopic (exact) mass is 200 g/mol. The molecule has 0 aliphatic heterocycles. The van der Waals surface area contributed by atoms with Gasteiger partial charge in [-0.2, -0.15) is 5.06 Å². The van der Waals surface area contributed by atoms with Gasteiger partial charge in [0.2, 0.25) is 0 Å². The Morgan fingerprint density at radius 2 is 2.23 bits per heavy atom. The van der Waals surface area contributed by atoms with Crippen LogP contribution in [0.25, 0.3) is 0 Å². The van der Waals surface area contributed by atoms with Gasteiger partial charge in [0.1, 0.15) is 0 Å². The van der Waals surface area contributed by atoms with Gasteiger partial charge in [-0.15, -0.1) is 0 Å². The molecule has 0 atom stereocenters. The zero-order valence-corrected chi connectivity index (χ0v) is 8.51. The van der Waals surface area contributed by atoms with Crippen molar-refractivity contribution in [1.82, 2.24) is 5.06 Å². The fourth-order valence-electron chi connectivity index (χ4n) is 1.01. The highest BCUT2D eigenvalue weighted by Crippen LogP contribution is 2.19. The largest absolute Gasteiger partial charge is 0.398 e. The number of halogens is 1. The first-order valence-corrected chi connectivity index (χ1v) is 4.30. The van der Waals surface area contributed by atoms with Crippen LogP contribution in [0, 0.1) is 0 Å². The molecule has 0 unspecified atom stereocenters. The Kier molecular flexibility index (Phi) is 3.54. The zero-order chi connectivity index (χ0) is 9.84. The second kappa shape index (κ2) is 4.46. The van der Waals surface area contributed by atoms with Crippen molar-refractivity contribution in [3.63, 3.8) is 0 Å². The number of nitrogens with zero attached hydrogens (tertiary/aromatic N) is 1. The Morgan fingerprint density at radius 1 is 1.54 bits per heavy atom. The predicted molar refractivity (Wildman–Crippen MR) is 54.3 cm³/mol. The van der Waals surface area contributed by atoms with Crippen LogP contribution in [-0.2, 0) is 11.4 Å². The highest BCUT2D eigenvalue weighted by atomic mass is 35.5. The van der Waals surface area contributed by atoms with E-state index in [0.717, 1.165) is 5.56 Å². The molecule has 1 rings (SSSR count). The maximum atomic E-state index is 5.78. The lowest BCUT2D eigenvalue weighted by atomic mass is 10.2. The van der Waals surface area contributed by atoms with Crippen LogP contribution in [-0.4, -0.2) is 19.2 Å². The molecule has 0 aliphatic rings. The number of nitrogen functional groups attached to an aromatic ring is 1. The Labute approximate surface area is 83.0 Å². The van der Waals surface area contributed by atoms with Crippen molar-refractivity contribution in [2.75, 3.05) is 19.9 Å². The first-order valence-electron chi connectivity index (χ1n) is 3.92. The third-order valence-electron chi connectivity index (χ3n) is 1.78. The third-order valence-corrected chi connectivity index (χ3v) is 2.12. The standard InChI is InChI=1S/C9H13ClN2O/c1-12(13-2)6-7-3-4-8(10)9(11)5-7/h3-5H,6,11H2,1-2H3. The van der Waals surface area contributed by atoms with Gasteiger partial charge in [0, 0.05) is 13.6 Å². The molecule has 72 valence electrons. The van der Waals surface area contributed by atoms with E-state index in [4.69, 9.17) is 22.2 Å². The smallest absolute Gasteiger partial charge is 0.0635 e. The Hall–Kier alpha value is -0.770. The summed E-state index contributed by atoms with van der Waals surface area (Å²) in [5, 5.41) is 2.30. The second-order valence-electron chi connectivity index (χ2n) is 2.82. The van der Waals surface area contributed by atoms with Crippen molar-refractivity contribution in [1.29, 1.82) is 0 Å². The van der Waals surface area contributed by atoms with Gasteiger partial charge in [-0.3, -0.25) is 0 Å². The Bertz CT molecular complexity index is 291. The van der Waals surface area contributed by atoms with Gasteiger partial charge in [0.15, 0.2) is 0 Å². The molecule has 0 amide bonds. The topological polar surface area (TPSA) is 38.5 Å². The molecule has 1 aromatic rings. The highest BCUT2D eigenvalue weighted by molar-refractivity contribution is 6.33. The van der Waals surface area contributed by atoms with E-state index in [9.17, 15) is 0 Å². The van der Waals surface area contributed by atoms with Crippen LogP contribution in [0.15, 0.2) is 18.2 Å². The summed E-state index contributed by atoms with van der Waals surface area (Å²) in [6, 6.07) is 5.56. The summed E-state index contributed by atoms with van der Waals surface area (Å²) in [4.78, 5) is 4.98. The van der Waals surface area contributed by atoms with Crippen LogP contribution in [0.4, 0.5) is 5.69 Å². The number of anilines is 1. The van der Waals surface area contributed by atoms with Crippen molar-refractivity contribution in [2.45, 2.75) is 6.54 Å². The average Bonchev–Trinajstić information content (AvgIpc) is 2.11. The van der Waals surface area contributed by atoms with Crippen LogP contribution in [0.3, 0.4) is 0 Å². The molecule has 0 bridgehead atoms. The number of hydrogen-bond donors (Lipinski definition) is 1. The lowest BCUT2D eigenvalue weighted by molar-refractivity contribution is -0.116. The van der Waals surface area contributed by atoms with E-state index in [2.05, 4.69) is 0 Å². The molecular weight excluding hydrogens is 188 g/mol. The van der Waals surface area contributed by atoms with E-state index in [1.54, 1.807) is 18.2 Å². The van der Waals surface area contributed by atoms with Gasteiger partial charge < -0.3 is 10.6 Å². The highest BCUT2D eigenvalue weighted by Gasteiger charge is 2.01. The molecule has 0 saturated heterocycles. The first-order chi connectivity index (χ1) is 6.13. The van der Waals surface area contributed by atoms with E-state index < -0.39 is 0 Å². The maximum absolute atomic E-state index is 5.78. The summed E-state index contributed by atoms with van der Waals surface area (Å²) < 4.78 is 0. The lowest BCUT2D eigenvalue weighted by Crippen LogP contribution is -2.15. The number of hydroxylamine groups is 2. The van der Waals surface area contributed by atoms with Crippen molar-refractivity contribution >= 4 is 17.3 Å². The molecule has 1 aromatic carbocycles. The van der Waals surface area contributed by atoms with Crippen LogP contribution in [0.2, 0.25) is 5.02 Å². The maximum Gasteiger partial charge on any atom is 0.0635 e. The molecule has 0 fully saturated rings. The van der Waals surface area contributed by atoms with Crippen LogP contribution in [0.1, 0.15) is 5.56 Å². The first kappa shape index (κ1) is 10.3. The Balaban J connectivity index is 2.73. The van der Waals surface area contributed by atoms with E-state index in [-0.39, 0.29) is 0 Å². The average molecular weight is 201 g/mol. The minimum atomic E-state index is 0.587. The Morgan fingerprint density at radius 3 is 2.77 bits per heavy atom. The fourth-order valence-corrected chi connectivity index (χ4v) is 1.13. The molecule has 0 aromatic heterocycles. The molecule has 0 aliphatic carbocycles. The molecule has 0 heterocycles. The number of hydrogen-bond acceptors (Lipinski definition) is 3. The quantitative estimate of drug-likeness (QED) is 0.599. The van der Waals surface area contributed by atoms with Gasteiger partial charge in [-0.1, -0.05) is 17.7 Å². The summed E-state index contributed by atoms with van der Waals surface area (Å²) in [5.74, 6) is 0. The molecule has 0 saturated carbocycles. The normalized spacial score (nSPS) is 10.8. The third kappa shape index (κ3) is 2.88. The second-order valence-corrected chi connectivity index (χ2v) is 3.23. The fraction of sp³-hybridized carbons (Fsp3) is 0.333. The minimum Gasteiger partial charge on any atom is -0.398 e. The number of nitrogens with two attached hydrogens (primary N) is 1. The summed E-state index contributed by atoms with van der Waals surface area (Å²) in [7, 11) is 3.48. The van der Waals surface area contributed by atoms with E-state index in [1.165, 1.54) is 0 Å². The van der Waals surface area contributed by atoms with Crippen molar-refractivity contribution < 1.29 is 4.84 Å². The summed E-state index contributed by atoms with van der Waals surface area (Å²) in [6.45, 7) is 0.692. The molecule has 13 heavy (non-hydrogen) atoms. The summed E-state index contributed by atoms with van der Waals surface area (Å²) in [5.41, 5.74) is 7.32. The van der Waals surface area contributed by atoms with E-state index in [1.807, 2.05) is 19.2 Å². The number of rotatable bonds is 3. The molecule has 0 radical (unpaired) electrons. The van der Waals surface area contributed by atoms with Gasteiger partial charge >= 0.3 is 0 Å². The van der Waals surface area contributed by atoms with Crippen LogP contribution < -0.4 is 5.73 Å². The molecule has 3 nitrogen and oxygen atoms in total. The summed E-state index contributed by atoms with van der Waals surface area (Å²) in [6.07, 6.45) is 0. The van der Waals surface area contributed by atoms with Crippen molar-refractivity contribution in [3.05, 3.63) is 28.8 Å². The van der Waals surface area contributed by atoms with Crippen LogP contribution in [0.5, 0.6) is 0 Å². The van der Waals surface area contributed by atoms with Gasteiger partial charge in [0.05, 0.1) is 17.8 Å².